The zero-order chi connectivity index (χ0) is 14.3. The van der Waals surface area contributed by atoms with Crippen molar-refractivity contribution in [3.63, 3.8) is 0 Å². The van der Waals surface area contributed by atoms with Gasteiger partial charge in [0.25, 0.3) is 0 Å². The Morgan fingerprint density at radius 1 is 1.32 bits per heavy atom. The fourth-order valence-corrected chi connectivity index (χ4v) is 1.70. The molecule has 0 bridgehead atoms. The molecule has 0 aliphatic carbocycles. The molecule has 2 nitrogen and oxygen atoms in total. The lowest BCUT2D eigenvalue weighted by molar-refractivity contribution is -0.139. The summed E-state index contributed by atoms with van der Waals surface area (Å²) < 4.78 is 5.26. The molecular weight excluding hydrogens is 236 g/mol. The monoisotopic (exact) mass is 258 g/mol. The molecule has 0 aliphatic heterocycles. The smallest absolute Gasteiger partial charge is 0.338 e. The van der Waals surface area contributed by atoms with E-state index in [2.05, 4.69) is 32.6 Å². The van der Waals surface area contributed by atoms with Crippen LogP contribution in [0.4, 0.5) is 0 Å². The molecule has 0 unspecified atom stereocenters. The lowest BCUT2D eigenvalue weighted by atomic mass is 10.0. The molecule has 0 heterocycles. The lowest BCUT2D eigenvalue weighted by Gasteiger charge is -2.08. The van der Waals surface area contributed by atoms with E-state index in [1.165, 1.54) is 11.6 Å². The maximum Gasteiger partial charge on any atom is 0.338 e. The quantitative estimate of drug-likeness (QED) is 0.430. The number of rotatable bonds is 6. The first-order chi connectivity index (χ1) is 9.08. The number of allylic oxidation sites excluding steroid dienone is 1. The molecule has 0 amide bonds. The summed E-state index contributed by atoms with van der Waals surface area (Å²) in [5, 5.41) is 0. The fourth-order valence-electron chi connectivity index (χ4n) is 1.70. The minimum Gasteiger partial charge on any atom is -0.457 e. The second kappa shape index (κ2) is 7.57. The van der Waals surface area contributed by atoms with Crippen LogP contribution in [0, 0.1) is 0 Å². The van der Waals surface area contributed by atoms with E-state index in [9.17, 15) is 4.79 Å². The van der Waals surface area contributed by atoms with E-state index in [-0.39, 0.29) is 5.97 Å². The van der Waals surface area contributed by atoms with Crippen LogP contribution in [-0.4, -0.2) is 5.97 Å². The van der Waals surface area contributed by atoms with Crippen LogP contribution in [0.5, 0.6) is 0 Å². The molecule has 0 aromatic heterocycles. The van der Waals surface area contributed by atoms with Gasteiger partial charge in [-0.15, -0.1) is 0 Å². The van der Waals surface area contributed by atoms with Gasteiger partial charge >= 0.3 is 5.97 Å². The van der Waals surface area contributed by atoms with Crippen LogP contribution in [0.25, 0.3) is 0 Å². The maximum absolute atomic E-state index is 11.8. The van der Waals surface area contributed by atoms with Crippen LogP contribution in [0.2, 0.25) is 0 Å². The number of esters is 1. The molecule has 0 atom stereocenters. The van der Waals surface area contributed by atoms with Gasteiger partial charge < -0.3 is 4.74 Å². The lowest BCUT2D eigenvalue weighted by Crippen LogP contribution is -2.06. The molecule has 1 aromatic rings. The van der Waals surface area contributed by atoms with Crippen molar-refractivity contribution < 1.29 is 9.53 Å². The standard InChI is InChI=1S/C17H22O2/c1-5-7-15(6-2)17(18)19-12-14-8-10-16(11-9-14)13(3)4/h6-11,13H,2,5,12H2,1,3-4H3/b15-7+. The van der Waals surface area contributed by atoms with Crippen LogP contribution < -0.4 is 0 Å². The Hall–Kier alpha value is -1.83. The van der Waals surface area contributed by atoms with Gasteiger partial charge in [-0.2, -0.15) is 0 Å². The third-order valence-electron chi connectivity index (χ3n) is 2.90. The molecule has 102 valence electrons. The van der Waals surface area contributed by atoms with Gasteiger partial charge in [0, 0.05) is 0 Å². The Morgan fingerprint density at radius 2 is 1.95 bits per heavy atom. The van der Waals surface area contributed by atoms with Crippen molar-refractivity contribution in [1.29, 1.82) is 0 Å². The van der Waals surface area contributed by atoms with Gasteiger partial charge in [-0.1, -0.05) is 63.8 Å². The largest absolute Gasteiger partial charge is 0.457 e. The van der Waals surface area contributed by atoms with Crippen LogP contribution in [-0.2, 0) is 16.1 Å². The second-order valence-corrected chi connectivity index (χ2v) is 4.74. The predicted octanol–water partition coefficient (Wildman–Crippen LogP) is 4.38. The van der Waals surface area contributed by atoms with Crippen molar-refractivity contribution in [2.75, 3.05) is 0 Å². The minimum absolute atomic E-state index is 0.298. The van der Waals surface area contributed by atoms with Gasteiger partial charge in [0.1, 0.15) is 6.61 Å². The first-order valence-electron chi connectivity index (χ1n) is 6.67. The SMILES string of the molecule is C=C/C(=C\CC)C(=O)OCc1ccc(C(C)C)cc1. The summed E-state index contributed by atoms with van der Waals surface area (Å²) in [4.78, 5) is 11.8. The van der Waals surface area contributed by atoms with Crippen LogP contribution in [0.3, 0.4) is 0 Å². The van der Waals surface area contributed by atoms with E-state index in [0.29, 0.717) is 18.1 Å². The van der Waals surface area contributed by atoms with E-state index in [4.69, 9.17) is 4.74 Å². The third-order valence-corrected chi connectivity index (χ3v) is 2.90. The number of ether oxygens (including phenoxy) is 1. The van der Waals surface area contributed by atoms with Crippen molar-refractivity contribution in [2.45, 2.75) is 39.7 Å². The highest BCUT2D eigenvalue weighted by molar-refractivity contribution is 5.91. The molecule has 1 aromatic carbocycles. The van der Waals surface area contributed by atoms with Crippen molar-refractivity contribution >= 4 is 5.97 Å². The molecule has 0 saturated heterocycles. The molecule has 0 N–H and O–H groups in total. The van der Waals surface area contributed by atoms with Gasteiger partial charge in [-0.25, -0.2) is 4.79 Å². The van der Waals surface area contributed by atoms with Crippen LogP contribution >= 0.6 is 0 Å². The van der Waals surface area contributed by atoms with Crippen LogP contribution in [0.1, 0.15) is 44.2 Å². The maximum atomic E-state index is 11.8. The highest BCUT2D eigenvalue weighted by atomic mass is 16.5. The summed E-state index contributed by atoms with van der Waals surface area (Å²) in [6, 6.07) is 8.15. The first-order valence-corrected chi connectivity index (χ1v) is 6.67. The van der Waals surface area contributed by atoms with Crippen molar-refractivity contribution in [1.82, 2.24) is 0 Å². The van der Waals surface area contributed by atoms with Crippen molar-refractivity contribution in [3.05, 3.63) is 59.7 Å². The second-order valence-electron chi connectivity index (χ2n) is 4.74. The zero-order valence-corrected chi connectivity index (χ0v) is 12.0. The molecule has 19 heavy (non-hydrogen) atoms. The summed E-state index contributed by atoms with van der Waals surface area (Å²) in [7, 11) is 0. The molecule has 0 radical (unpaired) electrons. The number of hydrogen-bond acceptors (Lipinski definition) is 2. The highest BCUT2D eigenvalue weighted by Crippen LogP contribution is 2.15. The number of carbonyl (C=O) groups excluding carboxylic acids is 1. The average molecular weight is 258 g/mol. The van der Waals surface area contributed by atoms with E-state index in [0.717, 1.165) is 12.0 Å². The molecule has 1 rings (SSSR count). The Morgan fingerprint density at radius 3 is 2.42 bits per heavy atom. The molecular formula is C17H22O2. The Balaban J connectivity index is 2.59. The summed E-state index contributed by atoms with van der Waals surface area (Å²) in [5.74, 6) is 0.196. The van der Waals surface area contributed by atoms with E-state index in [1.807, 2.05) is 25.1 Å². The van der Waals surface area contributed by atoms with Gasteiger partial charge in [0.05, 0.1) is 5.57 Å². The topological polar surface area (TPSA) is 26.3 Å². The summed E-state index contributed by atoms with van der Waals surface area (Å²) in [6.45, 7) is 10.2. The fraction of sp³-hybridized carbons (Fsp3) is 0.353. The third kappa shape index (κ3) is 4.74. The highest BCUT2D eigenvalue weighted by Gasteiger charge is 2.07. The molecule has 0 spiro atoms. The van der Waals surface area contributed by atoms with Gasteiger partial charge in [-0.3, -0.25) is 0 Å². The summed E-state index contributed by atoms with van der Waals surface area (Å²) in [5.41, 5.74) is 2.81. The Labute approximate surface area is 115 Å². The van der Waals surface area contributed by atoms with Crippen molar-refractivity contribution in [2.24, 2.45) is 0 Å². The number of benzene rings is 1. The predicted molar refractivity (Wildman–Crippen MR) is 78.9 cm³/mol. The number of carbonyl (C=O) groups is 1. The molecule has 2 heteroatoms. The summed E-state index contributed by atoms with van der Waals surface area (Å²) >= 11 is 0. The summed E-state index contributed by atoms with van der Waals surface area (Å²) in [6.07, 6.45) is 4.14. The normalized spacial score (nSPS) is 11.5. The number of hydrogen-bond donors (Lipinski definition) is 0. The van der Waals surface area contributed by atoms with E-state index < -0.39 is 0 Å². The molecule has 0 fully saturated rings. The van der Waals surface area contributed by atoms with E-state index >= 15 is 0 Å². The zero-order valence-electron chi connectivity index (χ0n) is 12.0. The van der Waals surface area contributed by atoms with Crippen LogP contribution in [0.15, 0.2) is 48.6 Å². The first kappa shape index (κ1) is 15.2. The minimum atomic E-state index is -0.315. The Kier molecular flexibility index (Phi) is 6.07. The molecule has 0 aliphatic rings. The van der Waals surface area contributed by atoms with Gasteiger partial charge in [0.2, 0.25) is 0 Å². The van der Waals surface area contributed by atoms with Gasteiger partial charge in [0.15, 0.2) is 0 Å². The Bertz CT molecular complexity index is 453. The van der Waals surface area contributed by atoms with E-state index in [1.54, 1.807) is 0 Å². The average Bonchev–Trinajstić information content (AvgIpc) is 2.42. The van der Waals surface area contributed by atoms with Gasteiger partial charge in [-0.05, 0) is 23.5 Å². The molecule has 0 saturated carbocycles. The van der Waals surface area contributed by atoms with Crippen molar-refractivity contribution in [3.8, 4) is 0 Å².